The van der Waals surface area contributed by atoms with E-state index in [-0.39, 0.29) is 5.56 Å². The third-order valence-corrected chi connectivity index (χ3v) is 3.16. The van der Waals surface area contributed by atoms with Crippen molar-refractivity contribution in [2.45, 2.75) is 6.92 Å². The quantitative estimate of drug-likeness (QED) is 0.876. The number of hydrogen-bond acceptors (Lipinski definition) is 2. The summed E-state index contributed by atoms with van der Waals surface area (Å²) >= 11 is 5.82. The molecular formula is C15H14ClFN2O. The van der Waals surface area contributed by atoms with Gasteiger partial charge in [0.05, 0.1) is 5.56 Å². The van der Waals surface area contributed by atoms with Crippen LogP contribution in [0.4, 0.5) is 15.8 Å². The molecule has 2 rings (SSSR count). The average Bonchev–Trinajstić information content (AvgIpc) is 2.44. The molecule has 104 valence electrons. The van der Waals surface area contributed by atoms with Crippen molar-refractivity contribution >= 4 is 28.9 Å². The number of nitrogen functional groups attached to an aromatic ring is 1. The first kappa shape index (κ1) is 14.3. The molecule has 0 aliphatic rings. The van der Waals surface area contributed by atoms with E-state index in [2.05, 4.69) is 0 Å². The zero-order chi connectivity index (χ0) is 14.7. The monoisotopic (exact) mass is 292 g/mol. The summed E-state index contributed by atoms with van der Waals surface area (Å²) in [6.45, 7) is 2.23. The summed E-state index contributed by atoms with van der Waals surface area (Å²) in [6, 6.07) is 10.8. The lowest BCUT2D eigenvalue weighted by atomic mass is 10.1. The number of amides is 1. The van der Waals surface area contributed by atoms with Gasteiger partial charge in [-0.25, -0.2) is 4.39 Å². The second-order valence-corrected chi connectivity index (χ2v) is 4.70. The van der Waals surface area contributed by atoms with E-state index < -0.39 is 11.7 Å². The highest BCUT2D eigenvalue weighted by Crippen LogP contribution is 2.22. The summed E-state index contributed by atoms with van der Waals surface area (Å²) in [4.78, 5) is 13.9. The van der Waals surface area contributed by atoms with E-state index in [1.807, 2.05) is 6.92 Å². The number of carbonyl (C=O) groups is 1. The van der Waals surface area contributed by atoms with Crippen LogP contribution in [0.15, 0.2) is 42.5 Å². The third-order valence-electron chi connectivity index (χ3n) is 2.92. The Hall–Kier alpha value is -2.07. The Labute approximate surface area is 121 Å². The second kappa shape index (κ2) is 5.92. The molecule has 2 aromatic carbocycles. The van der Waals surface area contributed by atoms with Crippen molar-refractivity contribution < 1.29 is 9.18 Å². The summed E-state index contributed by atoms with van der Waals surface area (Å²) in [5.41, 5.74) is 6.83. The number of anilines is 2. The van der Waals surface area contributed by atoms with E-state index >= 15 is 0 Å². The highest BCUT2D eigenvalue weighted by Gasteiger charge is 2.19. The number of nitrogens with zero attached hydrogens (tertiary/aromatic N) is 1. The van der Waals surface area contributed by atoms with Gasteiger partial charge in [-0.3, -0.25) is 4.79 Å². The molecule has 0 spiro atoms. The molecule has 0 aliphatic carbocycles. The normalized spacial score (nSPS) is 10.3. The van der Waals surface area contributed by atoms with Crippen molar-refractivity contribution in [2.24, 2.45) is 0 Å². The van der Waals surface area contributed by atoms with Gasteiger partial charge in [0, 0.05) is 22.9 Å². The molecule has 0 saturated heterocycles. The Bertz CT molecular complexity index is 628. The van der Waals surface area contributed by atoms with Gasteiger partial charge < -0.3 is 10.6 Å². The molecular weight excluding hydrogens is 279 g/mol. The Balaban J connectivity index is 2.38. The largest absolute Gasteiger partial charge is 0.399 e. The first-order valence-electron chi connectivity index (χ1n) is 6.15. The van der Waals surface area contributed by atoms with Gasteiger partial charge in [0.2, 0.25) is 0 Å². The molecule has 0 aromatic heterocycles. The number of halogens is 2. The molecule has 2 N–H and O–H groups in total. The Kier molecular flexibility index (Phi) is 4.25. The van der Waals surface area contributed by atoms with Crippen molar-refractivity contribution in [2.75, 3.05) is 17.2 Å². The molecule has 5 heteroatoms. The fraction of sp³-hybridized carbons (Fsp3) is 0.133. The number of nitrogens with two attached hydrogens (primary N) is 1. The maximum absolute atomic E-state index is 13.8. The van der Waals surface area contributed by atoms with Gasteiger partial charge in [0.25, 0.3) is 5.91 Å². The average molecular weight is 293 g/mol. The first-order chi connectivity index (χ1) is 9.52. The highest BCUT2D eigenvalue weighted by atomic mass is 35.5. The van der Waals surface area contributed by atoms with Crippen LogP contribution in [0.3, 0.4) is 0 Å². The Morgan fingerprint density at radius 3 is 2.50 bits per heavy atom. The second-order valence-electron chi connectivity index (χ2n) is 4.27. The molecule has 0 bridgehead atoms. The van der Waals surface area contributed by atoms with E-state index in [9.17, 15) is 9.18 Å². The summed E-state index contributed by atoms with van der Waals surface area (Å²) in [6.07, 6.45) is 0. The van der Waals surface area contributed by atoms with Crippen molar-refractivity contribution in [3.8, 4) is 0 Å². The highest BCUT2D eigenvalue weighted by molar-refractivity contribution is 6.31. The minimum absolute atomic E-state index is 0.0452. The summed E-state index contributed by atoms with van der Waals surface area (Å²) < 4.78 is 13.8. The molecule has 1 amide bonds. The molecule has 0 unspecified atom stereocenters. The van der Waals surface area contributed by atoms with Gasteiger partial charge in [-0.1, -0.05) is 11.6 Å². The maximum atomic E-state index is 13.8. The van der Waals surface area contributed by atoms with Crippen molar-refractivity contribution in [1.29, 1.82) is 0 Å². The lowest BCUT2D eigenvalue weighted by Gasteiger charge is -2.21. The van der Waals surface area contributed by atoms with Gasteiger partial charge in [0.15, 0.2) is 0 Å². The fourth-order valence-corrected chi connectivity index (χ4v) is 2.08. The molecule has 0 aliphatic heterocycles. The van der Waals surface area contributed by atoms with Crippen molar-refractivity contribution in [1.82, 2.24) is 0 Å². The van der Waals surface area contributed by atoms with E-state index in [0.29, 0.717) is 22.9 Å². The summed E-state index contributed by atoms with van der Waals surface area (Å²) in [5, 5.41) is 0.322. The Morgan fingerprint density at radius 1 is 1.25 bits per heavy atom. The Morgan fingerprint density at radius 2 is 1.90 bits per heavy atom. The summed E-state index contributed by atoms with van der Waals surface area (Å²) in [7, 11) is 0. The number of rotatable bonds is 3. The minimum atomic E-state index is -0.590. The standard InChI is InChI=1S/C15H14ClFN2O/c1-2-19(12-6-4-11(18)5-7-12)15(20)13-9-10(16)3-8-14(13)17/h3-9H,2,18H2,1H3. The predicted molar refractivity (Wildman–Crippen MR) is 79.6 cm³/mol. The molecule has 3 nitrogen and oxygen atoms in total. The van der Waals surface area contributed by atoms with Crippen LogP contribution in [0, 0.1) is 5.82 Å². The maximum Gasteiger partial charge on any atom is 0.261 e. The van der Waals surface area contributed by atoms with Crippen LogP contribution >= 0.6 is 11.6 Å². The van der Waals surface area contributed by atoms with Crippen LogP contribution in [-0.2, 0) is 0 Å². The van der Waals surface area contributed by atoms with Gasteiger partial charge >= 0.3 is 0 Å². The van der Waals surface area contributed by atoms with E-state index in [4.69, 9.17) is 17.3 Å². The van der Waals surface area contributed by atoms with Gasteiger partial charge in [0.1, 0.15) is 5.82 Å². The van der Waals surface area contributed by atoms with Crippen LogP contribution in [0.5, 0.6) is 0 Å². The van der Waals surface area contributed by atoms with Crippen LogP contribution in [0.1, 0.15) is 17.3 Å². The van der Waals surface area contributed by atoms with E-state index in [1.54, 1.807) is 24.3 Å². The molecule has 2 aromatic rings. The zero-order valence-corrected chi connectivity index (χ0v) is 11.7. The van der Waals surface area contributed by atoms with Gasteiger partial charge in [-0.15, -0.1) is 0 Å². The van der Waals surface area contributed by atoms with Crippen LogP contribution in [0.25, 0.3) is 0 Å². The van der Waals surface area contributed by atoms with Gasteiger partial charge in [-0.05, 0) is 49.4 Å². The van der Waals surface area contributed by atoms with Crippen LogP contribution in [0.2, 0.25) is 5.02 Å². The minimum Gasteiger partial charge on any atom is -0.399 e. The van der Waals surface area contributed by atoms with E-state index in [1.165, 1.54) is 23.1 Å². The summed E-state index contributed by atoms with van der Waals surface area (Å²) in [5.74, 6) is -1.02. The van der Waals surface area contributed by atoms with Crippen molar-refractivity contribution in [3.63, 3.8) is 0 Å². The molecule has 0 saturated carbocycles. The number of hydrogen-bond donors (Lipinski definition) is 1. The van der Waals surface area contributed by atoms with Gasteiger partial charge in [-0.2, -0.15) is 0 Å². The topological polar surface area (TPSA) is 46.3 Å². The lowest BCUT2D eigenvalue weighted by Crippen LogP contribution is -2.31. The zero-order valence-electron chi connectivity index (χ0n) is 10.9. The first-order valence-corrected chi connectivity index (χ1v) is 6.53. The molecule has 0 radical (unpaired) electrons. The van der Waals surface area contributed by atoms with Crippen molar-refractivity contribution in [3.05, 3.63) is 58.9 Å². The van der Waals surface area contributed by atoms with Crippen LogP contribution in [-0.4, -0.2) is 12.5 Å². The van der Waals surface area contributed by atoms with E-state index in [0.717, 1.165) is 0 Å². The molecule has 0 atom stereocenters. The molecule has 0 heterocycles. The molecule has 0 fully saturated rings. The smallest absolute Gasteiger partial charge is 0.261 e. The number of benzene rings is 2. The third kappa shape index (κ3) is 2.91. The van der Waals surface area contributed by atoms with Crippen LogP contribution < -0.4 is 10.6 Å². The predicted octanol–water partition coefficient (Wildman–Crippen LogP) is 3.73. The SMILES string of the molecule is CCN(C(=O)c1cc(Cl)ccc1F)c1ccc(N)cc1. The number of carbonyl (C=O) groups excluding carboxylic acids is 1. The fourth-order valence-electron chi connectivity index (χ4n) is 1.90. The lowest BCUT2D eigenvalue weighted by molar-refractivity contribution is 0.0984. The molecule has 20 heavy (non-hydrogen) atoms.